The van der Waals surface area contributed by atoms with Crippen LogP contribution in [-0.2, 0) is 9.63 Å². The molecule has 1 amide bonds. The van der Waals surface area contributed by atoms with E-state index in [9.17, 15) is 4.79 Å². The summed E-state index contributed by atoms with van der Waals surface area (Å²) in [7, 11) is 3.15. The highest BCUT2D eigenvalue weighted by molar-refractivity contribution is 7.98. The van der Waals surface area contributed by atoms with Gasteiger partial charge in [-0.1, -0.05) is 23.4 Å². The number of nitrogens with one attached hydrogen (secondary N) is 1. The molecule has 0 aromatic heterocycles. The van der Waals surface area contributed by atoms with E-state index in [1.165, 1.54) is 0 Å². The van der Waals surface area contributed by atoms with Crippen LogP contribution in [0.3, 0.4) is 0 Å². The second kappa shape index (κ2) is 8.14. The lowest BCUT2D eigenvalue weighted by Gasteiger charge is -2.13. The minimum atomic E-state index is -0.684. The maximum absolute atomic E-state index is 12.6. The highest BCUT2D eigenvalue weighted by Crippen LogP contribution is 2.33. The van der Waals surface area contributed by atoms with Gasteiger partial charge in [0.05, 0.1) is 25.6 Å². The number of ether oxygens (including phenoxy) is 2. The molecular formula is C19H20N2O4S. The molecule has 6 nitrogen and oxygen atoms in total. The van der Waals surface area contributed by atoms with Gasteiger partial charge in [0.15, 0.2) is 11.5 Å². The number of carbonyl (C=O) groups is 1. The van der Waals surface area contributed by atoms with E-state index < -0.39 is 6.10 Å². The van der Waals surface area contributed by atoms with E-state index in [0.29, 0.717) is 23.6 Å². The topological polar surface area (TPSA) is 69.2 Å². The summed E-state index contributed by atoms with van der Waals surface area (Å²) < 4.78 is 10.7. The first kappa shape index (κ1) is 18.1. The molecule has 0 fully saturated rings. The largest absolute Gasteiger partial charge is 0.493 e. The van der Waals surface area contributed by atoms with Crippen molar-refractivity contribution in [2.24, 2.45) is 5.16 Å². The second-order valence-corrected chi connectivity index (χ2v) is 6.41. The molecule has 1 N–H and O–H groups in total. The van der Waals surface area contributed by atoms with Gasteiger partial charge in [0.1, 0.15) is 0 Å². The Kier molecular flexibility index (Phi) is 5.68. The molecule has 1 atom stereocenters. The molecule has 0 bridgehead atoms. The first-order chi connectivity index (χ1) is 12.7. The van der Waals surface area contributed by atoms with Gasteiger partial charge in [-0.25, -0.2) is 0 Å². The van der Waals surface area contributed by atoms with Crippen molar-refractivity contribution in [3.05, 3.63) is 48.0 Å². The summed E-state index contributed by atoms with van der Waals surface area (Å²) in [6, 6.07) is 13.2. The van der Waals surface area contributed by atoms with Crippen LogP contribution >= 0.6 is 11.8 Å². The molecule has 0 spiro atoms. The Morgan fingerprint density at radius 3 is 2.73 bits per heavy atom. The second-order valence-electron chi connectivity index (χ2n) is 5.57. The fourth-order valence-electron chi connectivity index (χ4n) is 2.75. The third-order valence-electron chi connectivity index (χ3n) is 4.04. The summed E-state index contributed by atoms with van der Waals surface area (Å²) >= 11 is 1.57. The van der Waals surface area contributed by atoms with E-state index in [1.54, 1.807) is 26.0 Å². The van der Waals surface area contributed by atoms with Crippen LogP contribution in [0.1, 0.15) is 12.0 Å². The van der Waals surface area contributed by atoms with Crippen molar-refractivity contribution in [3.8, 4) is 11.5 Å². The Morgan fingerprint density at radius 2 is 2.00 bits per heavy atom. The molecule has 1 heterocycles. The Labute approximate surface area is 156 Å². The van der Waals surface area contributed by atoms with Crippen molar-refractivity contribution in [1.29, 1.82) is 0 Å². The van der Waals surface area contributed by atoms with Crippen molar-refractivity contribution >= 4 is 29.1 Å². The monoisotopic (exact) mass is 372 g/mol. The van der Waals surface area contributed by atoms with Crippen molar-refractivity contribution in [3.63, 3.8) is 0 Å². The number of thioether (sulfide) groups is 1. The fourth-order valence-corrected chi connectivity index (χ4v) is 3.31. The van der Waals surface area contributed by atoms with Crippen molar-refractivity contribution in [1.82, 2.24) is 0 Å². The maximum Gasteiger partial charge on any atom is 0.268 e. The molecule has 2 aromatic rings. The van der Waals surface area contributed by atoms with Gasteiger partial charge < -0.3 is 19.6 Å². The zero-order chi connectivity index (χ0) is 18.5. The number of nitrogens with zero attached hydrogens (tertiary/aromatic N) is 1. The number of benzene rings is 2. The highest BCUT2D eigenvalue weighted by atomic mass is 32.2. The van der Waals surface area contributed by atoms with Gasteiger partial charge in [-0.15, -0.1) is 11.8 Å². The summed E-state index contributed by atoms with van der Waals surface area (Å²) in [5.74, 6) is 0.952. The normalized spacial score (nSPS) is 15.8. The SMILES string of the molecule is COc1cccc(C2=NO[C@@H](C(=O)Nc3ccccc3SC)C2)c1OC. The average molecular weight is 372 g/mol. The van der Waals surface area contributed by atoms with Crippen LogP contribution in [0.4, 0.5) is 5.69 Å². The molecule has 0 saturated carbocycles. The van der Waals surface area contributed by atoms with E-state index in [1.807, 2.05) is 48.7 Å². The van der Waals surface area contributed by atoms with E-state index >= 15 is 0 Å². The summed E-state index contributed by atoms with van der Waals surface area (Å²) in [4.78, 5) is 18.9. The predicted octanol–water partition coefficient (Wildman–Crippen LogP) is 3.56. The van der Waals surface area contributed by atoms with Gasteiger partial charge in [-0.2, -0.15) is 0 Å². The molecule has 0 aliphatic carbocycles. The smallest absolute Gasteiger partial charge is 0.268 e. The van der Waals surface area contributed by atoms with E-state index in [-0.39, 0.29) is 5.91 Å². The first-order valence-electron chi connectivity index (χ1n) is 8.05. The van der Waals surface area contributed by atoms with Gasteiger partial charge in [-0.3, -0.25) is 4.79 Å². The lowest BCUT2D eigenvalue weighted by Crippen LogP contribution is -2.28. The van der Waals surface area contributed by atoms with Crippen LogP contribution in [-0.4, -0.2) is 38.2 Å². The summed E-state index contributed by atoms with van der Waals surface area (Å²) in [5.41, 5.74) is 2.17. The number of para-hydroxylation sites is 2. The molecule has 2 aromatic carbocycles. The van der Waals surface area contributed by atoms with Gasteiger partial charge in [0.2, 0.25) is 6.10 Å². The lowest BCUT2D eigenvalue weighted by atomic mass is 10.0. The van der Waals surface area contributed by atoms with Gasteiger partial charge in [0, 0.05) is 16.9 Å². The molecular weight excluding hydrogens is 352 g/mol. The number of rotatable bonds is 6. The number of amides is 1. The summed E-state index contributed by atoms with van der Waals surface area (Å²) in [5, 5.41) is 7.00. The standard InChI is InChI=1S/C19H20N2O4S/c1-23-15-9-6-7-12(18(15)24-2)14-11-16(25-21-14)19(22)20-13-8-4-5-10-17(13)26-3/h4-10,16H,11H2,1-3H3,(H,20,22)/t16-/m1/s1. The molecule has 3 rings (SSSR count). The first-order valence-corrected chi connectivity index (χ1v) is 9.28. The minimum Gasteiger partial charge on any atom is -0.493 e. The number of hydrogen-bond donors (Lipinski definition) is 1. The van der Waals surface area contributed by atoms with Crippen LogP contribution in [0.15, 0.2) is 52.5 Å². The number of carbonyl (C=O) groups excluding carboxylic acids is 1. The predicted molar refractivity (Wildman–Crippen MR) is 102 cm³/mol. The number of hydrogen-bond acceptors (Lipinski definition) is 6. The van der Waals surface area contributed by atoms with Crippen LogP contribution in [0, 0.1) is 0 Å². The molecule has 1 aliphatic heterocycles. The zero-order valence-corrected chi connectivity index (χ0v) is 15.6. The Morgan fingerprint density at radius 1 is 1.19 bits per heavy atom. The molecule has 136 valence electrons. The number of anilines is 1. The van der Waals surface area contributed by atoms with Crippen LogP contribution < -0.4 is 14.8 Å². The fraction of sp³-hybridized carbons (Fsp3) is 0.263. The maximum atomic E-state index is 12.6. The Hall–Kier alpha value is -2.67. The van der Waals surface area contributed by atoms with Crippen LogP contribution in [0.2, 0.25) is 0 Å². The summed E-state index contributed by atoms with van der Waals surface area (Å²) in [6.07, 6.45) is 1.64. The Balaban J connectivity index is 1.73. The van der Waals surface area contributed by atoms with Crippen LogP contribution in [0.25, 0.3) is 0 Å². The van der Waals surface area contributed by atoms with E-state index in [0.717, 1.165) is 16.1 Å². The van der Waals surface area contributed by atoms with Gasteiger partial charge in [-0.05, 0) is 30.5 Å². The van der Waals surface area contributed by atoms with Crippen molar-refractivity contribution in [2.75, 3.05) is 25.8 Å². The van der Waals surface area contributed by atoms with Crippen molar-refractivity contribution in [2.45, 2.75) is 17.4 Å². The molecule has 0 unspecified atom stereocenters. The number of methoxy groups -OCH3 is 2. The third kappa shape index (κ3) is 3.62. The zero-order valence-electron chi connectivity index (χ0n) is 14.8. The number of oxime groups is 1. The van der Waals surface area contributed by atoms with Crippen molar-refractivity contribution < 1.29 is 19.1 Å². The van der Waals surface area contributed by atoms with Crippen LogP contribution in [0.5, 0.6) is 11.5 Å². The molecule has 26 heavy (non-hydrogen) atoms. The summed E-state index contributed by atoms with van der Waals surface area (Å²) in [6.45, 7) is 0. The molecule has 1 aliphatic rings. The van der Waals surface area contributed by atoms with Gasteiger partial charge in [0.25, 0.3) is 5.91 Å². The minimum absolute atomic E-state index is 0.230. The highest BCUT2D eigenvalue weighted by Gasteiger charge is 2.31. The van der Waals surface area contributed by atoms with Gasteiger partial charge >= 0.3 is 0 Å². The lowest BCUT2D eigenvalue weighted by molar-refractivity contribution is -0.125. The average Bonchev–Trinajstić information content (AvgIpc) is 3.17. The van der Waals surface area contributed by atoms with E-state index in [4.69, 9.17) is 14.3 Å². The third-order valence-corrected chi connectivity index (χ3v) is 4.84. The molecule has 0 radical (unpaired) electrons. The molecule has 0 saturated heterocycles. The Bertz CT molecular complexity index is 838. The quantitative estimate of drug-likeness (QED) is 0.785. The van der Waals surface area contributed by atoms with E-state index in [2.05, 4.69) is 10.5 Å². The molecule has 7 heteroatoms.